The fraction of sp³-hybridized carbons (Fsp3) is 0.318. The number of hydrogen-bond donors (Lipinski definition) is 2. The molecule has 4 rings (SSSR count). The maximum absolute atomic E-state index is 12.2. The van der Waals surface area contributed by atoms with Gasteiger partial charge in [0.05, 0.1) is 0 Å². The van der Waals surface area contributed by atoms with Crippen LogP contribution in [0.1, 0.15) is 37.7 Å². The molecule has 0 saturated heterocycles. The Morgan fingerprint density at radius 3 is 2.53 bits per heavy atom. The Balaban J connectivity index is 1.26. The van der Waals surface area contributed by atoms with Crippen molar-refractivity contribution in [3.63, 3.8) is 0 Å². The number of fused-ring (bicyclic) bond motifs is 1. The number of amides is 1. The molecule has 30 heavy (non-hydrogen) atoms. The zero-order chi connectivity index (χ0) is 21.0. The maximum atomic E-state index is 12.2. The second-order valence-electron chi connectivity index (χ2n) is 7.43. The topological polar surface area (TPSA) is 93.7 Å². The van der Waals surface area contributed by atoms with Crippen LogP contribution < -0.4 is 19.5 Å². The van der Waals surface area contributed by atoms with Gasteiger partial charge in [0.25, 0.3) is 5.79 Å². The van der Waals surface area contributed by atoms with E-state index in [0.717, 1.165) is 36.7 Å². The normalized spacial score (nSPS) is 16.9. The molecule has 1 aliphatic heterocycles. The van der Waals surface area contributed by atoms with Crippen LogP contribution in [-0.2, 0) is 14.8 Å². The number of anilines is 1. The number of carbonyl (C=O) groups excluding carboxylic acids is 1. The first kappa shape index (κ1) is 20.4. The standard InChI is InChI=1S/C22H24N2O5S/c25-21(10-14-23-30(26,27)15-11-17-6-2-1-3-7-17)24-18-8-9-19-20(16-18)29-22(28-19)12-4-5-13-22/h1-3,6-9,11,15-16,23H,4-5,10,12-14H2,(H,24,25)/b15-11+. The Hall–Kier alpha value is -2.84. The minimum absolute atomic E-state index is 0.000952. The van der Waals surface area contributed by atoms with Crippen LogP contribution in [-0.4, -0.2) is 26.7 Å². The predicted molar refractivity (Wildman–Crippen MR) is 115 cm³/mol. The van der Waals surface area contributed by atoms with Crippen molar-refractivity contribution in [2.24, 2.45) is 0 Å². The molecule has 0 unspecified atom stereocenters. The molecule has 0 bridgehead atoms. The van der Waals surface area contributed by atoms with Gasteiger partial charge in [0.2, 0.25) is 15.9 Å². The molecule has 1 amide bonds. The summed E-state index contributed by atoms with van der Waals surface area (Å²) in [6.07, 6.45) is 5.40. The van der Waals surface area contributed by atoms with E-state index < -0.39 is 15.8 Å². The van der Waals surface area contributed by atoms with Crippen LogP contribution in [0.2, 0.25) is 0 Å². The Kier molecular flexibility index (Phi) is 5.78. The molecule has 1 spiro atoms. The minimum atomic E-state index is -3.62. The van der Waals surface area contributed by atoms with Crippen LogP contribution in [0.4, 0.5) is 5.69 Å². The van der Waals surface area contributed by atoms with E-state index in [1.165, 1.54) is 6.08 Å². The highest BCUT2D eigenvalue weighted by Crippen LogP contribution is 2.47. The summed E-state index contributed by atoms with van der Waals surface area (Å²) in [6, 6.07) is 14.4. The summed E-state index contributed by atoms with van der Waals surface area (Å²) in [5, 5.41) is 3.86. The lowest BCUT2D eigenvalue weighted by molar-refractivity contribution is -0.116. The molecule has 8 heteroatoms. The van der Waals surface area contributed by atoms with Crippen molar-refractivity contribution in [2.75, 3.05) is 11.9 Å². The van der Waals surface area contributed by atoms with Crippen molar-refractivity contribution in [3.8, 4) is 11.5 Å². The van der Waals surface area contributed by atoms with Gasteiger partial charge in [-0.15, -0.1) is 0 Å². The number of rotatable bonds is 7. The fourth-order valence-electron chi connectivity index (χ4n) is 3.60. The highest BCUT2D eigenvalue weighted by molar-refractivity contribution is 7.92. The van der Waals surface area contributed by atoms with Gasteiger partial charge < -0.3 is 14.8 Å². The smallest absolute Gasteiger partial charge is 0.251 e. The molecule has 1 aliphatic carbocycles. The molecule has 1 heterocycles. The number of benzene rings is 2. The van der Waals surface area contributed by atoms with E-state index in [-0.39, 0.29) is 18.9 Å². The number of carbonyl (C=O) groups is 1. The molecule has 2 aromatic carbocycles. The average Bonchev–Trinajstić information content (AvgIpc) is 3.32. The predicted octanol–water partition coefficient (Wildman–Crippen LogP) is 3.65. The average molecular weight is 429 g/mol. The largest absolute Gasteiger partial charge is 0.448 e. The summed E-state index contributed by atoms with van der Waals surface area (Å²) in [7, 11) is -3.62. The minimum Gasteiger partial charge on any atom is -0.448 e. The third-order valence-corrected chi connectivity index (χ3v) is 6.18. The monoisotopic (exact) mass is 428 g/mol. The van der Waals surface area contributed by atoms with Crippen molar-refractivity contribution < 1.29 is 22.7 Å². The van der Waals surface area contributed by atoms with E-state index in [9.17, 15) is 13.2 Å². The van der Waals surface area contributed by atoms with Gasteiger partial charge in [-0.1, -0.05) is 30.3 Å². The van der Waals surface area contributed by atoms with Crippen molar-refractivity contribution >= 4 is 27.7 Å². The second-order valence-corrected chi connectivity index (χ2v) is 9.09. The highest BCUT2D eigenvalue weighted by atomic mass is 32.2. The molecule has 2 N–H and O–H groups in total. The highest BCUT2D eigenvalue weighted by Gasteiger charge is 2.44. The van der Waals surface area contributed by atoms with E-state index in [4.69, 9.17) is 9.47 Å². The number of hydrogen-bond acceptors (Lipinski definition) is 5. The Morgan fingerprint density at radius 2 is 1.77 bits per heavy atom. The van der Waals surface area contributed by atoms with Gasteiger partial charge in [-0.3, -0.25) is 4.79 Å². The Bertz CT molecular complexity index is 1040. The summed E-state index contributed by atoms with van der Waals surface area (Å²) in [5.74, 6) is 0.477. The first-order valence-corrected chi connectivity index (χ1v) is 11.5. The van der Waals surface area contributed by atoms with Crippen LogP contribution in [0, 0.1) is 0 Å². The lowest BCUT2D eigenvalue weighted by Crippen LogP contribution is -2.34. The van der Waals surface area contributed by atoms with Crippen molar-refractivity contribution in [2.45, 2.75) is 37.9 Å². The lowest BCUT2D eigenvalue weighted by Gasteiger charge is -2.21. The van der Waals surface area contributed by atoms with Gasteiger partial charge in [0.1, 0.15) is 0 Å². The van der Waals surface area contributed by atoms with Gasteiger partial charge in [-0.25, -0.2) is 13.1 Å². The zero-order valence-electron chi connectivity index (χ0n) is 16.5. The van der Waals surface area contributed by atoms with E-state index in [1.54, 1.807) is 30.3 Å². The Labute approximate surface area is 176 Å². The summed E-state index contributed by atoms with van der Waals surface area (Å²) in [5.41, 5.74) is 1.37. The summed E-state index contributed by atoms with van der Waals surface area (Å²) < 4.78 is 38.4. The zero-order valence-corrected chi connectivity index (χ0v) is 17.3. The van der Waals surface area contributed by atoms with E-state index in [0.29, 0.717) is 17.2 Å². The molecule has 0 radical (unpaired) electrons. The lowest BCUT2D eigenvalue weighted by atomic mass is 10.2. The summed E-state index contributed by atoms with van der Waals surface area (Å²) in [6.45, 7) is 0.000952. The molecule has 1 fully saturated rings. The quantitative estimate of drug-likeness (QED) is 0.702. The van der Waals surface area contributed by atoms with Crippen LogP contribution in [0.15, 0.2) is 53.9 Å². The van der Waals surface area contributed by atoms with Crippen LogP contribution in [0.3, 0.4) is 0 Å². The van der Waals surface area contributed by atoms with Crippen LogP contribution >= 0.6 is 0 Å². The third kappa shape index (κ3) is 5.01. The van der Waals surface area contributed by atoms with Gasteiger partial charge in [0.15, 0.2) is 11.5 Å². The molecule has 2 aromatic rings. The Morgan fingerprint density at radius 1 is 1.03 bits per heavy atom. The SMILES string of the molecule is O=C(CCNS(=O)(=O)/C=C/c1ccccc1)Nc1ccc2c(c1)OC1(CCCC1)O2. The van der Waals surface area contributed by atoms with E-state index in [2.05, 4.69) is 10.0 Å². The van der Waals surface area contributed by atoms with Gasteiger partial charge >= 0.3 is 0 Å². The van der Waals surface area contributed by atoms with Crippen LogP contribution in [0.25, 0.3) is 6.08 Å². The number of sulfonamides is 1. The molecule has 0 aromatic heterocycles. The van der Waals surface area contributed by atoms with Crippen LogP contribution in [0.5, 0.6) is 11.5 Å². The molecular formula is C22H24N2O5S. The van der Waals surface area contributed by atoms with Crippen molar-refractivity contribution in [1.82, 2.24) is 4.72 Å². The van der Waals surface area contributed by atoms with Gasteiger partial charge in [-0.2, -0.15) is 0 Å². The maximum Gasteiger partial charge on any atom is 0.251 e. The van der Waals surface area contributed by atoms with Gasteiger partial charge in [-0.05, 0) is 36.6 Å². The second kappa shape index (κ2) is 8.49. The first-order valence-electron chi connectivity index (χ1n) is 9.98. The number of nitrogens with one attached hydrogen (secondary N) is 2. The summed E-state index contributed by atoms with van der Waals surface area (Å²) in [4.78, 5) is 12.2. The molecular weight excluding hydrogens is 404 g/mol. The molecule has 7 nitrogen and oxygen atoms in total. The molecule has 0 atom stereocenters. The third-order valence-electron chi connectivity index (χ3n) is 5.08. The molecule has 2 aliphatic rings. The summed E-state index contributed by atoms with van der Waals surface area (Å²) >= 11 is 0. The molecule has 158 valence electrons. The van der Waals surface area contributed by atoms with Crippen molar-refractivity contribution in [1.29, 1.82) is 0 Å². The fourth-order valence-corrected chi connectivity index (χ4v) is 4.42. The van der Waals surface area contributed by atoms with E-state index in [1.807, 2.05) is 18.2 Å². The van der Waals surface area contributed by atoms with E-state index >= 15 is 0 Å². The van der Waals surface area contributed by atoms with Gasteiger partial charge in [0, 0.05) is 43.0 Å². The number of ether oxygens (including phenoxy) is 2. The van der Waals surface area contributed by atoms with Crippen molar-refractivity contribution in [3.05, 3.63) is 59.5 Å². The first-order chi connectivity index (χ1) is 14.4. The molecule has 1 saturated carbocycles.